The van der Waals surface area contributed by atoms with Gasteiger partial charge in [0, 0.05) is 33.7 Å². The Labute approximate surface area is 146 Å². The molecule has 1 heterocycles. The molecule has 1 aromatic carbocycles. The van der Waals surface area contributed by atoms with Crippen molar-refractivity contribution in [1.29, 1.82) is 0 Å². The number of likely N-dealkylation sites (tertiary alicyclic amines) is 1. The van der Waals surface area contributed by atoms with Crippen molar-refractivity contribution < 1.29 is 18.7 Å². The highest BCUT2D eigenvalue weighted by Gasteiger charge is 2.38. The molecule has 5 nitrogen and oxygen atoms in total. The minimum Gasteiger partial charge on any atom is -0.376 e. The van der Waals surface area contributed by atoms with Crippen LogP contribution in [0, 0.1) is 5.82 Å². The third-order valence-electron chi connectivity index (χ3n) is 4.53. The van der Waals surface area contributed by atoms with Gasteiger partial charge in [0.2, 0.25) is 5.91 Å². The fourth-order valence-electron chi connectivity index (χ4n) is 3.05. The number of nitrogens with zero attached hydrogens (tertiary/aromatic N) is 1. The number of amides is 2. The van der Waals surface area contributed by atoms with Crippen molar-refractivity contribution in [3.05, 3.63) is 34.6 Å². The maximum atomic E-state index is 13.6. The summed E-state index contributed by atoms with van der Waals surface area (Å²) < 4.78 is 19.3. The van der Waals surface area contributed by atoms with Crippen LogP contribution in [0.25, 0.3) is 0 Å². The molecule has 2 amide bonds. The number of nitrogens with one attached hydrogen (secondary N) is 1. The number of rotatable bonds is 5. The number of piperidine rings is 1. The molecule has 1 fully saturated rings. The van der Waals surface area contributed by atoms with E-state index < -0.39 is 11.4 Å². The summed E-state index contributed by atoms with van der Waals surface area (Å²) in [6, 6.07) is 4.20. The Morgan fingerprint density at radius 1 is 1.46 bits per heavy atom. The minimum atomic E-state index is -0.614. The molecule has 1 saturated heterocycles. The molecule has 1 aliphatic rings. The molecule has 24 heavy (non-hydrogen) atoms. The molecule has 0 aliphatic carbocycles. The van der Waals surface area contributed by atoms with Gasteiger partial charge in [0.1, 0.15) is 5.82 Å². The van der Waals surface area contributed by atoms with E-state index in [1.54, 1.807) is 19.1 Å². The number of carbonyl (C=O) groups is 2. The van der Waals surface area contributed by atoms with Crippen LogP contribution in [-0.4, -0.2) is 49.6 Å². The lowest BCUT2D eigenvalue weighted by Crippen LogP contribution is -2.51. The molecule has 0 aromatic heterocycles. The molecule has 0 radical (unpaired) electrons. The Morgan fingerprint density at radius 3 is 2.88 bits per heavy atom. The van der Waals surface area contributed by atoms with E-state index in [-0.39, 0.29) is 22.4 Å². The molecule has 0 saturated carbocycles. The molecular weight excluding hydrogens is 335 g/mol. The zero-order valence-electron chi connectivity index (χ0n) is 13.9. The van der Waals surface area contributed by atoms with Gasteiger partial charge in [0.05, 0.1) is 16.2 Å². The summed E-state index contributed by atoms with van der Waals surface area (Å²) in [6.45, 7) is 0.906. The molecule has 0 unspecified atom stereocenters. The van der Waals surface area contributed by atoms with Crippen molar-refractivity contribution in [3.63, 3.8) is 0 Å². The number of benzene rings is 1. The molecule has 0 bridgehead atoms. The van der Waals surface area contributed by atoms with Crippen molar-refractivity contribution in [1.82, 2.24) is 10.2 Å². The molecule has 1 aromatic rings. The number of methoxy groups -OCH3 is 1. The maximum Gasteiger partial charge on any atom is 0.255 e. The molecule has 0 spiro atoms. The Hall–Kier alpha value is -1.66. The summed E-state index contributed by atoms with van der Waals surface area (Å²) in [4.78, 5) is 25.9. The summed E-state index contributed by atoms with van der Waals surface area (Å²) in [7, 11) is 3.18. The predicted octanol–water partition coefficient (Wildman–Crippen LogP) is 2.63. The second-order valence-electron chi connectivity index (χ2n) is 5.99. The zero-order chi connectivity index (χ0) is 17.7. The van der Waals surface area contributed by atoms with Crippen LogP contribution in [-0.2, 0) is 9.53 Å². The van der Waals surface area contributed by atoms with E-state index in [2.05, 4.69) is 5.32 Å². The van der Waals surface area contributed by atoms with Gasteiger partial charge in [-0.25, -0.2) is 4.39 Å². The smallest absolute Gasteiger partial charge is 0.255 e. The molecular formula is C17H22ClFN2O3. The van der Waals surface area contributed by atoms with Crippen LogP contribution in [0.5, 0.6) is 0 Å². The van der Waals surface area contributed by atoms with Crippen molar-refractivity contribution >= 4 is 23.4 Å². The third-order valence-corrected chi connectivity index (χ3v) is 4.91. The highest BCUT2D eigenvalue weighted by Crippen LogP contribution is 2.31. The van der Waals surface area contributed by atoms with Crippen molar-refractivity contribution in [2.45, 2.75) is 31.3 Å². The monoisotopic (exact) mass is 356 g/mol. The van der Waals surface area contributed by atoms with Gasteiger partial charge < -0.3 is 15.0 Å². The number of ether oxygens (including phenoxy) is 1. The summed E-state index contributed by atoms with van der Waals surface area (Å²) in [5.74, 6) is -0.999. The number of hydrogen-bond donors (Lipinski definition) is 1. The van der Waals surface area contributed by atoms with E-state index in [9.17, 15) is 14.0 Å². The molecule has 1 atom stereocenters. The Morgan fingerprint density at radius 2 is 2.21 bits per heavy atom. The number of carbonyl (C=O) groups excluding carboxylic acids is 2. The largest absolute Gasteiger partial charge is 0.376 e. The van der Waals surface area contributed by atoms with Crippen LogP contribution in [0.1, 0.15) is 36.0 Å². The van der Waals surface area contributed by atoms with Crippen LogP contribution >= 0.6 is 11.6 Å². The second-order valence-corrected chi connectivity index (χ2v) is 6.37. The Bertz CT molecular complexity index is 626. The molecule has 2 rings (SSSR count). The second kappa shape index (κ2) is 7.94. The van der Waals surface area contributed by atoms with E-state index in [1.807, 2.05) is 0 Å². The fourth-order valence-corrected chi connectivity index (χ4v) is 3.26. The number of hydrogen-bond acceptors (Lipinski definition) is 3. The summed E-state index contributed by atoms with van der Waals surface area (Å²) in [5.41, 5.74) is -0.421. The highest BCUT2D eigenvalue weighted by atomic mass is 35.5. The minimum absolute atomic E-state index is 0.0666. The van der Waals surface area contributed by atoms with Crippen LogP contribution in [0.3, 0.4) is 0 Å². The van der Waals surface area contributed by atoms with Gasteiger partial charge in [-0.3, -0.25) is 9.59 Å². The predicted molar refractivity (Wildman–Crippen MR) is 89.6 cm³/mol. The highest BCUT2D eigenvalue weighted by molar-refractivity contribution is 6.34. The van der Waals surface area contributed by atoms with Crippen molar-refractivity contribution in [2.24, 2.45) is 0 Å². The summed E-state index contributed by atoms with van der Waals surface area (Å²) in [5, 5.41) is 2.42. The molecule has 1 N–H and O–H groups in total. The lowest BCUT2D eigenvalue weighted by Gasteiger charge is -2.42. The molecule has 7 heteroatoms. The van der Waals surface area contributed by atoms with Crippen LogP contribution < -0.4 is 5.32 Å². The van der Waals surface area contributed by atoms with Crippen molar-refractivity contribution in [2.75, 3.05) is 27.2 Å². The lowest BCUT2D eigenvalue weighted by molar-refractivity contribution is -0.123. The first-order valence-corrected chi connectivity index (χ1v) is 8.29. The van der Waals surface area contributed by atoms with Crippen molar-refractivity contribution in [3.8, 4) is 0 Å². The zero-order valence-corrected chi connectivity index (χ0v) is 14.7. The lowest BCUT2D eigenvalue weighted by atomic mass is 9.87. The van der Waals surface area contributed by atoms with Gasteiger partial charge in [0.25, 0.3) is 5.91 Å². The van der Waals surface area contributed by atoms with Gasteiger partial charge in [0.15, 0.2) is 0 Å². The van der Waals surface area contributed by atoms with Crippen LogP contribution in [0.4, 0.5) is 4.39 Å². The van der Waals surface area contributed by atoms with E-state index in [4.69, 9.17) is 16.3 Å². The Kier molecular flexibility index (Phi) is 6.18. The average Bonchev–Trinajstić information content (AvgIpc) is 2.61. The summed E-state index contributed by atoms with van der Waals surface area (Å²) >= 11 is 5.93. The topological polar surface area (TPSA) is 58.6 Å². The Balaban J connectivity index is 2.15. The first kappa shape index (κ1) is 18.7. The van der Waals surface area contributed by atoms with E-state index >= 15 is 0 Å². The van der Waals surface area contributed by atoms with Gasteiger partial charge in [-0.05, 0) is 31.4 Å². The average molecular weight is 357 g/mol. The van der Waals surface area contributed by atoms with Gasteiger partial charge in [-0.1, -0.05) is 17.7 Å². The fraction of sp³-hybridized carbons (Fsp3) is 0.529. The molecule has 1 aliphatic heterocycles. The van der Waals surface area contributed by atoms with E-state index in [0.29, 0.717) is 25.9 Å². The normalized spacial score (nSPS) is 20.8. The first-order valence-electron chi connectivity index (χ1n) is 7.91. The van der Waals surface area contributed by atoms with Crippen LogP contribution in [0.15, 0.2) is 18.2 Å². The van der Waals surface area contributed by atoms with E-state index in [0.717, 1.165) is 12.8 Å². The van der Waals surface area contributed by atoms with Crippen LogP contribution in [0.2, 0.25) is 5.02 Å². The third kappa shape index (κ3) is 4.05. The number of halogens is 2. The maximum absolute atomic E-state index is 13.6. The first-order chi connectivity index (χ1) is 11.4. The SMILES string of the molecule is CNC(=O)CC[C@@]1(OC)CCCN(C(=O)c2cccc(F)c2Cl)C1. The van der Waals surface area contributed by atoms with E-state index in [1.165, 1.54) is 18.2 Å². The molecule has 132 valence electrons. The van der Waals surface area contributed by atoms with Gasteiger partial charge in [-0.15, -0.1) is 0 Å². The quantitative estimate of drug-likeness (QED) is 0.882. The standard InChI is InChI=1S/C17H22ClFN2O3/c1-20-14(22)7-9-17(24-2)8-4-10-21(11-17)16(23)12-5-3-6-13(19)15(12)18/h3,5-6H,4,7-11H2,1-2H3,(H,20,22)/t17-/m0/s1. The van der Waals surface area contributed by atoms with Gasteiger partial charge >= 0.3 is 0 Å². The summed E-state index contributed by atoms with van der Waals surface area (Å²) in [6.07, 6.45) is 2.36. The van der Waals surface area contributed by atoms with Gasteiger partial charge in [-0.2, -0.15) is 0 Å².